The van der Waals surface area contributed by atoms with Gasteiger partial charge in [0.15, 0.2) is 5.65 Å². The van der Waals surface area contributed by atoms with E-state index in [0.717, 1.165) is 6.54 Å². The number of likely N-dealkylation sites (N-methyl/N-ethyl adjacent to an activating group) is 1. The molecule has 0 unspecified atom stereocenters. The zero-order valence-corrected chi connectivity index (χ0v) is 22.4. The van der Waals surface area contributed by atoms with Crippen molar-refractivity contribution in [3.05, 3.63) is 87.0 Å². The molecule has 0 saturated heterocycles. The topological polar surface area (TPSA) is 107 Å². The van der Waals surface area contributed by atoms with Gasteiger partial charge in [-0.05, 0) is 56.3 Å². The molecule has 0 aliphatic heterocycles. The standard InChI is InChI=1S/C27H23Cl2N7O3/c1-34(18-9-10-18)13-14-39-25(38)16-5-7-17(8-6-16)32-26-31-15-19-23(33-26)35-12-11-30-27(35)36(24(19)37)22-20(28)3-2-4-21(22)29/h2-8,11-12,15,18H,9-10,13-14H2,1H3,(H,31,32,33). The van der Waals surface area contributed by atoms with Crippen LogP contribution in [0.25, 0.3) is 22.5 Å². The highest BCUT2D eigenvalue weighted by Gasteiger charge is 2.25. The molecule has 10 nitrogen and oxygen atoms in total. The molecule has 0 bridgehead atoms. The normalized spacial score (nSPS) is 13.3. The third kappa shape index (κ3) is 4.94. The molecule has 0 radical (unpaired) electrons. The summed E-state index contributed by atoms with van der Waals surface area (Å²) in [5.74, 6) is 0.201. The molecule has 0 atom stereocenters. The average molecular weight is 564 g/mol. The number of para-hydroxylation sites is 1. The Labute approximate surface area is 232 Å². The van der Waals surface area contributed by atoms with Crippen molar-refractivity contribution in [1.29, 1.82) is 0 Å². The van der Waals surface area contributed by atoms with E-state index in [2.05, 4.69) is 25.2 Å². The Morgan fingerprint density at radius 1 is 1.13 bits per heavy atom. The van der Waals surface area contributed by atoms with Crippen LogP contribution in [0.5, 0.6) is 0 Å². The van der Waals surface area contributed by atoms with Crippen LogP contribution in [0.3, 0.4) is 0 Å². The lowest BCUT2D eigenvalue weighted by molar-refractivity contribution is 0.0470. The molecule has 39 heavy (non-hydrogen) atoms. The van der Waals surface area contributed by atoms with Crippen molar-refractivity contribution in [3.8, 4) is 5.69 Å². The summed E-state index contributed by atoms with van der Waals surface area (Å²) in [5, 5.41) is 3.99. The number of fused-ring (bicyclic) bond motifs is 3. The Morgan fingerprint density at radius 2 is 1.87 bits per heavy atom. The van der Waals surface area contributed by atoms with Crippen LogP contribution in [-0.2, 0) is 4.74 Å². The first-order valence-electron chi connectivity index (χ1n) is 12.3. The number of hydrogen-bond acceptors (Lipinski definition) is 8. The van der Waals surface area contributed by atoms with Crippen molar-refractivity contribution in [2.75, 3.05) is 25.5 Å². The lowest BCUT2D eigenvalue weighted by Crippen LogP contribution is -2.26. The first kappa shape index (κ1) is 25.3. The fourth-order valence-electron chi connectivity index (χ4n) is 4.39. The molecule has 5 aromatic rings. The summed E-state index contributed by atoms with van der Waals surface area (Å²) < 4.78 is 8.42. The van der Waals surface area contributed by atoms with E-state index >= 15 is 0 Å². The van der Waals surface area contributed by atoms with Crippen molar-refractivity contribution in [1.82, 2.24) is 28.8 Å². The number of carbonyl (C=O) groups is 1. The molecule has 198 valence electrons. The quantitative estimate of drug-likeness (QED) is 0.270. The van der Waals surface area contributed by atoms with Crippen LogP contribution in [-0.4, -0.2) is 61.0 Å². The van der Waals surface area contributed by atoms with Crippen molar-refractivity contribution < 1.29 is 9.53 Å². The summed E-state index contributed by atoms with van der Waals surface area (Å²) in [4.78, 5) is 41.4. The third-order valence-corrected chi connectivity index (χ3v) is 7.25. The van der Waals surface area contributed by atoms with E-state index in [1.54, 1.807) is 59.3 Å². The second-order valence-electron chi connectivity index (χ2n) is 9.29. The van der Waals surface area contributed by atoms with Gasteiger partial charge in [-0.1, -0.05) is 29.3 Å². The summed E-state index contributed by atoms with van der Waals surface area (Å²) in [6.07, 6.45) is 7.12. The molecule has 2 aromatic carbocycles. The van der Waals surface area contributed by atoms with Gasteiger partial charge in [-0.15, -0.1) is 0 Å². The van der Waals surface area contributed by atoms with Gasteiger partial charge in [0.05, 0.1) is 21.3 Å². The van der Waals surface area contributed by atoms with Crippen LogP contribution < -0.4 is 10.9 Å². The molecule has 3 heterocycles. The average Bonchev–Trinajstić information content (AvgIpc) is 3.67. The second kappa shape index (κ2) is 10.3. The van der Waals surface area contributed by atoms with Gasteiger partial charge in [0.25, 0.3) is 5.56 Å². The zero-order chi connectivity index (χ0) is 27.1. The highest BCUT2D eigenvalue weighted by Crippen LogP contribution is 2.29. The van der Waals surface area contributed by atoms with Crippen LogP contribution >= 0.6 is 23.2 Å². The van der Waals surface area contributed by atoms with Gasteiger partial charge in [-0.25, -0.2) is 19.3 Å². The minimum Gasteiger partial charge on any atom is -0.461 e. The molecule has 1 aliphatic carbocycles. The number of esters is 1. The number of ether oxygens (including phenoxy) is 1. The second-order valence-corrected chi connectivity index (χ2v) is 10.1. The number of hydrogen-bond donors (Lipinski definition) is 1. The monoisotopic (exact) mass is 563 g/mol. The first-order chi connectivity index (χ1) is 18.9. The Balaban J connectivity index is 1.25. The van der Waals surface area contributed by atoms with Crippen molar-refractivity contribution >= 4 is 57.6 Å². The molecule has 1 fully saturated rings. The van der Waals surface area contributed by atoms with Gasteiger partial charge in [-0.3, -0.25) is 9.20 Å². The largest absolute Gasteiger partial charge is 0.461 e. The molecular formula is C27H23Cl2N7O3. The van der Waals surface area contributed by atoms with E-state index in [-0.39, 0.29) is 17.3 Å². The Hall–Kier alpha value is -3.99. The number of imidazole rings is 1. The first-order valence-corrected chi connectivity index (χ1v) is 13.1. The van der Waals surface area contributed by atoms with Crippen LogP contribution in [0.15, 0.2) is 65.8 Å². The molecule has 1 N–H and O–H groups in total. The predicted molar refractivity (Wildman–Crippen MR) is 150 cm³/mol. The summed E-state index contributed by atoms with van der Waals surface area (Å²) in [5.41, 5.74) is 1.40. The smallest absolute Gasteiger partial charge is 0.338 e. The number of aromatic nitrogens is 5. The maximum absolute atomic E-state index is 13.5. The van der Waals surface area contributed by atoms with Crippen molar-refractivity contribution in [3.63, 3.8) is 0 Å². The minimum absolute atomic E-state index is 0.257. The fourth-order valence-corrected chi connectivity index (χ4v) is 4.96. The summed E-state index contributed by atoms with van der Waals surface area (Å²) in [6.45, 7) is 1.07. The molecule has 6 rings (SSSR count). The highest BCUT2D eigenvalue weighted by atomic mass is 35.5. The molecule has 0 amide bonds. The lowest BCUT2D eigenvalue weighted by atomic mass is 10.2. The Morgan fingerprint density at radius 3 is 2.59 bits per heavy atom. The van der Waals surface area contributed by atoms with Gasteiger partial charge >= 0.3 is 5.97 Å². The molecule has 0 spiro atoms. The number of rotatable bonds is 8. The fraction of sp³-hybridized carbons (Fsp3) is 0.222. The van der Waals surface area contributed by atoms with E-state index in [0.29, 0.717) is 51.1 Å². The molecule has 3 aromatic heterocycles. The van der Waals surface area contributed by atoms with Crippen LogP contribution in [0.4, 0.5) is 11.6 Å². The number of nitrogens with zero attached hydrogens (tertiary/aromatic N) is 6. The van der Waals surface area contributed by atoms with Crippen LogP contribution in [0, 0.1) is 0 Å². The van der Waals surface area contributed by atoms with Gasteiger partial charge in [-0.2, -0.15) is 4.98 Å². The van der Waals surface area contributed by atoms with Crippen LogP contribution in [0.2, 0.25) is 10.0 Å². The molecule has 1 aliphatic rings. The van der Waals surface area contributed by atoms with E-state index in [1.165, 1.54) is 23.6 Å². The van der Waals surface area contributed by atoms with Crippen LogP contribution in [0.1, 0.15) is 23.2 Å². The van der Waals surface area contributed by atoms with Gasteiger partial charge < -0.3 is 15.0 Å². The third-order valence-electron chi connectivity index (χ3n) is 6.64. The van der Waals surface area contributed by atoms with Gasteiger partial charge in [0, 0.05) is 36.9 Å². The van der Waals surface area contributed by atoms with Gasteiger partial charge in [0.1, 0.15) is 12.0 Å². The number of nitrogens with one attached hydrogen (secondary N) is 1. The van der Waals surface area contributed by atoms with E-state index in [4.69, 9.17) is 27.9 Å². The lowest BCUT2D eigenvalue weighted by Gasteiger charge is -2.15. The summed E-state index contributed by atoms with van der Waals surface area (Å²) in [6, 6.07) is 12.5. The highest BCUT2D eigenvalue weighted by molar-refractivity contribution is 6.37. The minimum atomic E-state index is -0.406. The molecular weight excluding hydrogens is 541 g/mol. The maximum atomic E-state index is 13.5. The number of benzene rings is 2. The summed E-state index contributed by atoms with van der Waals surface area (Å²) >= 11 is 12.8. The summed E-state index contributed by atoms with van der Waals surface area (Å²) in [7, 11) is 2.04. The van der Waals surface area contributed by atoms with E-state index < -0.39 is 5.56 Å². The van der Waals surface area contributed by atoms with Crippen molar-refractivity contribution in [2.45, 2.75) is 18.9 Å². The molecule has 1 saturated carbocycles. The Bertz CT molecular complexity index is 1740. The number of anilines is 2. The molecule has 12 heteroatoms. The van der Waals surface area contributed by atoms with E-state index in [9.17, 15) is 9.59 Å². The number of halogens is 2. The maximum Gasteiger partial charge on any atom is 0.338 e. The SMILES string of the molecule is CN(CCOC(=O)c1ccc(Nc2ncc3c(=O)n(-c4c(Cl)cccc4Cl)c4nccn4c3n2)cc1)C1CC1. The zero-order valence-electron chi connectivity index (χ0n) is 20.8. The van der Waals surface area contributed by atoms with E-state index in [1.807, 2.05) is 7.05 Å². The number of carbonyl (C=O) groups excluding carboxylic acids is 1. The Kier molecular flexibility index (Phi) is 6.68. The van der Waals surface area contributed by atoms with Gasteiger partial charge in [0.2, 0.25) is 11.7 Å². The van der Waals surface area contributed by atoms with Crippen molar-refractivity contribution in [2.24, 2.45) is 0 Å². The predicted octanol–water partition coefficient (Wildman–Crippen LogP) is 4.73.